The molecule has 6 heteroatoms. The van der Waals surface area contributed by atoms with E-state index < -0.39 is 5.97 Å². The summed E-state index contributed by atoms with van der Waals surface area (Å²) in [7, 11) is 2.98. The van der Waals surface area contributed by atoms with Crippen molar-refractivity contribution in [3.63, 3.8) is 0 Å². The van der Waals surface area contributed by atoms with Gasteiger partial charge in [-0.05, 0) is 28.9 Å². The molecule has 0 aliphatic rings. The molecule has 0 fully saturated rings. The molecule has 2 rings (SSSR count). The van der Waals surface area contributed by atoms with Crippen LogP contribution in [0.3, 0.4) is 0 Å². The van der Waals surface area contributed by atoms with Gasteiger partial charge in [0.1, 0.15) is 0 Å². The lowest BCUT2D eigenvalue weighted by molar-refractivity contribution is 0.0663. The van der Waals surface area contributed by atoms with E-state index in [1.54, 1.807) is 13.0 Å². The Bertz CT molecular complexity index is 629. The fourth-order valence-corrected chi connectivity index (χ4v) is 2.56. The first-order valence-electron chi connectivity index (χ1n) is 5.08. The van der Waals surface area contributed by atoms with Crippen LogP contribution in [0.15, 0.2) is 15.0 Å². The van der Waals surface area contributed by atoms with E-state index in [1.165, 1.54) is 14.2 Å². The van der Waals surface area contributed by atoms with E-state index in [0.29, 0.717) is 32.5 Å². The molecule has 0 aliphatic heterocycles. The summed E-state index contributed by atoms with van der Waals surface area (Å²) < 4.78 is 16.5. The van der Waals surface area contributed by atoms with E-state index in [0.717, 1.165) is 0 Å². The summed E-state index contributed by atoms with van der Waals surface area (Å²) in [5, 5.41) is 9.74. The highest BCUT2D eigenvalue weighted by Gasteiger charge is 2.23. The highest BCUT2D eigenvalue weighted by molar-refractivity contribution is 9.10. The molecule has 0 atom stereocenters. The number of aryl methyl sites for hydroxylation is 1. The van der Waals surface area contributed by atoms with Crippen LogP contribution in [-0.2, 0) is 0 Å². The predicted molar refractivity (Wildman–Crippen MR) is 68.7 cm³/mol. The second-order valence-corrected chi connectivity index (χ2v) is 4.51. The Balaban J connectivity index is 2.91. The Morgan fingerprint density at radius 2 is 2.06 bits per heavy atom. The number of aromatic carboxylic acids is 1. The molecule has 96 valence electrons. The van der Waals surface area contributed by atoms with Gasteiger partial charge < -0.3 is 19.0 Å². The van der Waals surface area contributed by atoms with Crippen molar-refractivity contribution < 1.29 is 23.8 Å². The molecule has 0 saturated heterocycles. The fourth-order valence-electron chi connectivity index (χ4n) is 1.87. The number of hydrogen-bond donors (Lipinski definition) is 1. The van der Waals surface area contributed by atoms with Crippen LogP contribution in [-0.4, -0.2) is 25.3 Å². The van der Waals surface area contributed by atoms with Gasteiger partial charge in [0.05, 0.1) is 14.2 Å². The average molecular weight is 315 g/mol. The minimum Gasteiger partial charge on any atom is -0.493 e. The number of carbonyl (C=O) groups is 1. The van der Waals surface area contributed by atoms with E-state index in [1.807, 2.05) is 0 Å². The lowest BCUT2D eigenvalue weighted by Crippen LogP contribution is -1.95. The van der Waals surface area contributed by atoms with Gasteiger partial charge in [-0.1, -0.05) is 0 Å². The molecule has 2 aromatic rings. The maximum Gasteiger partial charge on any atom is 0.372 e. The topological polar surface area (TPSA) is 68.9 Å². The van der Waals surface area contributed by atoms with Gasteiger partial charge in [-0.2, -0.15) is 0 Å². The first-order chi connectivity index (χ1) is 8.51. The molecule has 0 aliphatic carbocycles. The van der Waals surface area contributed by atoms with Gasteiger partial charge in [-0.15, -0.1) is 0 Å². The van der Waals surface area contributed by atoms with E-state index in [9.17, 15) is 4.79 Å². The number of furan rings is 1. The molecule has 0 bridgehead atoms. The summed E-state index contributed by atoms with van der Waals surface area (Å²) >= 11 is 3.38. The zero-order valence-electron chi connectivity index (χ0n) is 10.0. The van der Waals surface area contributed by atoms with Crippen LogP contribution in [0.1, 0.15) is 16.1 Å². The second-order valence-electron chi connectivity index (χ2n) is 3.66. The van der Waals surface area contributed by atoms with Crippen LogP contribution in [0.25, 0.3) is 11.0 Å². The summed E-state index contributed by atoms with van der Waals surface area (Å²) in [6.45, 7) is 1.69. The Hall–Kier alpha value is -1.69. The first kappa shape index (κ1) is 12.8. The molecule has 0 radical (unpaired) electrons. The zero-order chi connectivity index (χ0) is 13.4. The van der Waals surface area contributed by atoms with Gasteiger partial charge >= 0.3 is 5.97 Å². The van der Waals surface area contributed by atoms with Crippen molar-refractivity contribution in [2.24, 2.45) is 0 Å². The third kappa shape index (κ3) is 1.73. The summed E-state index contributed by atoms with van der Waals surface area (Å²) in [6.07, 6.45) is 0. The largest absolute Gasteiger partial charge is 0.493 e. The van der Waals surface area contributed by atoms with Gasteiger partial charge in [-0.3, -0.25) is 0 Å². The molecule has 18 heavy (non-hydrogen) atoms. The third-order valence-electron chi connectivity index (χ3n) is 2.69. The number of halogens is 1. The normalized spacial score (nSPS) is 10.7. The fraction of sp³-hybridized carbons (Fsp3) is 0.250. The SMILES string of the molecule is COc1cc(Br)c2c(C)c(C(=O)O)oc2c1OC. The Kier molecular flexibility index (Phi) is 3.21. The van der Waals surface area contributed by atoms with Crippen LogP contribution >= 0.6 is 15.9 Å². The molecular formula is C12H11BrO5. The third-order valence-corrected chi connectivity index (χ3v) is 3.32. The van der Waals surface area contributed by atoms with E-state index >= 15 is 0 Å². The standard InChI is InChI=1S/C12H11BrO5/c1-5-8-6(13)4-7(16-2)10(17-3)11(8)18-9(5)12(14)15/h4H,1-3H3,(H,14,15). The lowest BCUT2D eigenvalue weighted by Gasteiger charge is -2.08. The van der Waals surface area contributed by atoms with Crippen LogP contribution in [0, 0.1) is 6.92 Å². The van der Waals surface area contributed by atoms with Crippen molar-refractivity contribution in [2.45, 2.75) is 6.92 Å². The van der Waals surface area contributed by atoms with Crippen LogP contribution in [0.5, 0.6) is 11.5 Å². The van der Waals surface area contributed by atoms with Gasteiger partial charge in [0.2, 0.25) is 11.5 Å². The van der Waals surface area contributed by atoms with Gasteiger partial charge in [0.25, 0.3) is 0 Å². The Labute approximate surface area is 111 Å². The van der Waals surface area contributed by atoms with Crippen molar-refractivity contribution in [1.82, 2.24) is 0 Å². The van der Waals surface area contributed by atoms with Crippen molar-refractivity contribution in [3.8, 4) is 11.5 Å². The number of fused-ring (bicyclic) bond motifs is 1. The predicted octanol–water partition coefficient (Wildman–Crippen LogP) is 3.22. The minimum absolute atomic E-state index is 0.0998. The molecule has 1 N–H and O–H groups in total. The summed E-state index contributed by atoms with van der Waals surface area (Å²) in [5.74, 6) is -0.359. The van der Waals surface area contributed by atoms with Crippen molar-refractivity contribution in [2.75, 3.05) is 14.2 Å². The molecule has 0 unspecified atom stereocenters. The lowest BCUT2D eigenvalue weighted by atomic mass is 10.1. The van der Waals surface area contributed by atoms with Crippen LogP contribution < -0.4 is 9.47 Å². The van der Waals surface area contributed by atoms with Crippen LogP contribution in [0.4, 0.5) is 0 Å². The van der Waals surface area contributed by atoms with Gasteiger partial charge in [-0.25, -0.2) is 4.79 Å². The number of methoxy groups -OCH3 is 2. The van der Waals surface area contributed by atoms with Crippen LogP contribution in [0.2, 0.25) is 0 Å². The first-order valence-corrected chi connectivity index (χ1v) is 5.87. The molecule has 1 aromatic carbocycles. The van der Waals surface area contributed by atoms with Gasteiger partial charge in [0.15, 0.2) is 11.3 Å². The number of rotatable bonds is 3. The number of hydrogen-bond acceptors (Lipinski definition) is 4. The van der Waals surface area contributed by atoms with Crippen molar-refractivity contribution in [1.29, 1.82) is 0 Å². The highest BCUT2D eigenvalue weighted by Crippen LogP contribution is 2.43. The number of ether oxygens (including phenoxy) is 2. The molecule has 5 nitrogen and oxygen atoms in total. The Morgan fingerprint density at radius 1 is 1.39 bits per heavy atom. The molecule has 0 amide bonds. The van der Waals surface area contributed by atoms with Crippen molar-refractivity contribution in [3.05, 3.63) is 21.9 Å². The second kappa shape index (κ2) is 4.53. The van der Waals surface area contributed by atoms with E-state index in [2.05, 4.69) is 15.9 Å². The molecule has 1 heterocycles. The maximum atomic E-state index is 11.1. The number of carboxylic acid groups (broad SMARTS) is 1. The number of benzene rings is 1. The highest BCUT2D eigenvalue weighted by atomic mass is 79.9. The molecular weight excluding hydrogens is 304 g/mol. The summed E-state index contributed by atoms with van der Waals surface area (Å²) in [6, 6.07) is 1.72. The van der Waals surface area contributed by atoms with Gasteiger partial charge in [0, 0.05) is 15.4 Å². The molecule has 1 aromatic heterocycles. The summed E-state index contributed by atoms with van der Waals surface area (Å²) in [5.41, 5.74) is 0.906. The Morgan fingerprint density at radius 3 is 2.56 bits per heavy atom. The number of carboxylic acids is 1. The zero-order valence-corrected chi connectivity index (χ0v) is 11.6. The minimum atomic E-state index is -1.11. The monoisotopic (exact) mass is 314 g/mol. The maximum absolute atomic E-state index is 11.1. The molecule has 0 spiro atoms. The average Bonchev–Trinajstić information content (AvgIpc) is 2.67. The quantitative estimate of drug-likeness (QED) is 0.942. The smallest absolute Gasteiger partial charge is 0.372 e. The summed E-state index contributed by atoms with van der Waals surface area (Å²) in [4.78, 5) is 11.1. The van der Waals surface area contributed by atoms with E-state index in [-0.39, 0.29) is 5.76 Å². The molecule has 0 saturated carbocycles. The van der Waals surface area contributed by atoms with E-state index in [4.69, 9.17) is 19.0 Å². The van der Waals surface area contributed by atoms with Crippen molar-refractivity contribution >= 4 is 32.9 Å².